The normalized spacial score (nSPS) is 11.8. The van der Waals surface area contributed by atoms with E-state index < -0.39 is 0 Å². The van der Waals surface area contributed by atoms with Crippen LogP contribution in [0.1, 0.15) is 29.7 Å². The number of ether oxygens (including phenoxy) is 1. The van der Waals surface area contributed by atoms with Crippen LogP contribution in [0.15, 0.2) is 55.1 Å². The highest BCUT2D eigenvalue weighted by Crippen LogP contribution is 2.20. The van der Waals surface area contributed by atoms with Crippen LogP contribution in [0.3, 0.4) is 0 Å². The van der Waals surface area contributed by atoms with Gasteiger partial charge in [0.25, 0.3) is 0 Å². The first-order chi connectivity index (χ1) is 12.6. The molecule has 6 heteroatoms. The van der Waals surface area contributed by atoms with Gasteiger partial charge in [-0.1, -0.05) is 24.3 Å². The van der Waals surface area contributed by atoms with Crippen LogP contribution in [0.2, 0.25) is 0 Å². The minimum atomic E-state index is -0.0837. The topological polar surface area (TPSA) is 69.0 Å². The predicted octanol–water partition coefficient (Wildman–Crippen LogP) is 3.00. The number of rotatable bonds is 6. The Balaban J connectivity index is 1.62. The van der Waals surface area contributed by atoms with Crippen molar-refractivity contribution in [1.29, 1.82) is 0 Å². The van der Waals surface area contributed by atoms with E-state index in [9.17, 15) is 4.79 Å². The average Bonchev–Trinajstić information content (AvgIpc) is 3.18. The molecule has 1 aromatic heterocycles. The standard InChI is InChI=1S/C20H22N4O2/c1-14-4-5-16(10-19(14)26-3)11-20(25)23-15(2)17-6-8-18(9-7-17)24-13-21-12-22-24/h4-10,12-13,15H,11H2,1-3H3,(H,23,25)/t15-/m0/s1. The van der Waals surface area contributed by atoms with Crippen molar-refractivity contribution in [2.24, 2.45) is 0 Å². The van der Waals surface area contributed by atoms with E-state index in [1.807, 2.05) is 56.3 Å². The van der Waals surface area contributed by atoms with Crippen LogP contribution in [0.25, 0.3) is 5.69 Å². The van der Waals surface area contributed by atoms with Crippen molar-refractivity contribution in [3.05, 3.63) is 71.8 Å². The van der Waals surface area contributed by atoms with Gasteiger partial charge in [0, 0.05) is 0 Å². The number of methoxy groups -OCH3 is 1. The van der Waals surface area contributed by atoms with Crippen LogP contribution in [0.4, 0.5) is 0 Å². The third-order valence-electron chi connectivity index (χ3n) is 4.29. The molecule has 0 aliphatic rings. The Hall–Kier alpha value is -3.15. The minimum absolute atomic E-state index is 0.0243. The van der Waals surface area contributed by atoms with E-state index in [4.69, 9.17) is 4.74 Å². The fraction of sp³-hybridized carbons (Fsp3) is 0.250. The number of amides is 1. The van der Waals surface area contributed by atoms with Crippen molar-refractivity contribution < 1.29 is 9.53 Å². The lowest BCUT2D eigenvalue weighted by atomic mass is 10.1. The van der Waals surface area contributed by atoms with Crippen molar-refractivity contribution in [2.75, 3.05) is 7.11 Å². The third-order valence-corrected chi connectivity index (χ3v) is 4.29. The molecule has 0 aliphatic heterocycles. The minimum Gasteiger partial charge on any atom is -0.496 e. The molecular formula is C20H22N4O2. The maximum atomic E-state index is 12.4. The Morgan fingerprint density at radius 2 is 2.00 bits per heavy atom. The number of hydrogen-bond acceptors (Lipinski definition) is 4. The maximum Gasteiger partial charge on any atom is 0.224 e. The average molecular weight is 350 g/mol. The number of benzene rings is 2. The zero-order valence-electron chi connectivity index (χ0n) is 15.1. The molecule has 0 radical (unpaired) electrons. The Labute approximate surface area is 152 Å². The van der Waals surface area contributed by atoms with Crippen LogP contribution >= 0.6 is 0 Å². The van der Waals surface area contributed by atoms with Crippen LogP contribution in [-0.2, 0) is 11.2 Å². The highest BCUT2D eigenvalue weighted by molar-refractivity contribution is 5.79. The molecule has 1 N–H and O–H groups in total. The van der Waals surface area contributed by atoms with Crippen LogP contribution in [0, 0.1) is 6.92 Å². The predicted molar refractivity (Wildman–Crippen MR) is 99.4 cm³/mol. The second-order valence-corrected chi connectivity index (χ2v) is 6.20. The molecule has 1 heterocycles. The molecule has 26 heavy (non-hydrogen) atoms. The lowest BCUT2D eigenvalue weighted by Crippen LogP contribution is -2.28. The van der Waals surface area contributed by atoms with E-state index in [0.29, 0.717) is 6.42 Å². The van der Waals surface area contributed by atoms with Gasteiger partial charge in [0.15, 0.2) is 0 Å². The summed E-state index contributed by atoms with van der Waals surface area (Å²) in [6.07, 6.45) is 3.46. The lowest BCUT2D eigenvalue weighted by Gasteiger charge is -2.15. The molecule has 1 atom stereocenters. The van der Waals surface area contributed by atoms with Gasteiger partial charge in [0.05, 0.1) is 25.3 Å². The Bertz CT molecular complexity index is 873. The SMILES string of the molecule is COc1cc(CC(=O)N[C@@H](C)c2ccc(-n3cncn3)cc2)ccc1C. The van der Waals surface area contributed by atoms with Gasteiger partial charge in [-0.05, 0) is 48.7 Å². The molecule has 0 spiro atoms. The van der Waals surface area contributed by atoms with Gasteiger partial charge in [-0.2, -0.15) is 5.10 Å². The quantitative estimate of drug-likeness (QED) is 0.742. The third kappa shape index (κ3) is 4.08. The molecular weight excluding hydrogens is 328 g/mol. The van der Waals surface area contributed by atoms with E-state index in [2.05, 4.69) is 15.4 Å². The molecule has 0 bridgehead atoms. The first-order valence-electron chi connectivity index (χ1n) is 8.44. The number of aryl methyl sites for hydroxylation is 1. The summed E-state index contributed by atoms with van der Waals surface area (Å²) < 4.78 is 7.01. The number of hydrogen-bond donors (Lipinski definition) is 1. The number of carbonyl (C=O) groups is 1. The van der Waals surface area contributed by atoms with Gasteiger partial charge in [0.1, 0.15) is 18.4 Å². The molecule has 0 fully saturated rings. The molecule has 0 aliphatic carbocycles. The molecule has 0 unspecified atom stereocenters. The summed E-state index contributed by atoms with van der Waals surface area (Å²) in [4.78, 5) is 16.3. The highest BCUT2D eigenvalue weighted by Gasteiger charge is 2.11. The Morgan fingerprint density at radius 3 is 2.65 bits per heavy atom. The fourth-order valence-corrected chi connectivity index (χ4v) is 2.79. The second kappa shape index (κ2) is 7.82. The molecule has 2 aromatic carbocycles. The first-order valence-corrected chi connectivity index (χ1v) is 8.44. The van der Waals surface area contributed by atoms with E-state index in [-0.39, 0.29) is 11.9 Å². The summed E-state index contributed by atoms with van der Waals surface area (Å²) in [5, 5.41) is 7.14. The van der Waals surface area contributed by atoms with E-state index >= 15 is 0 Å². The summed E-state index contributed by atoms with van der Waals surface area (Å²) in [5.74, 6) is 0.774. The second-order valence-electron chi connectivity index (χ2n) is 6.20. The highest BCUT2D eigenvalue weighted by atomic mass is 16.5. The van der Waals surface area contributed by atoms with Crippen molar-refractivity contribution in [1.82, 2.24) is 20.1 Å². The summed E-state index contributed by atoms with van der Waals surface area (Å²) in [7, 11) is 1.64. The van der Waals surface area contributed by atoms with Crippen molar-refractivity contribution in [2.45, 2.75) is 26.3 Å². The van der Waals surface area contributed by atoms with Crippen molar-refractivity contribution in [3.8, 4) is 11.4 Å². The molecule has 3 aromatic rings. The van der Waals surface area contributed by atoms with Crippen LogP contribution in [0.5, 0.6) is 5.75 Å². The van der Waals surface area contributed by atoms with E-state index in [0.717, 1.165) is 28.1 Å². The number of aromatic nitrogens is 3. The Kier molecular flexibility index (Phi) is 5.31. The smallest absolute Gasteiger partial charge is 0.224 e. The van der Waals surface area contributed by atoms with Gasteiger partial charge in [-0.25, -0.2) is 9.67 Å². The fourth-order valence-electron chi connectivity index (χ4n) is 2.79. The van der Waals surface area contributed by atoms with Gasteiger partial charge >= 0.3 is 0 Å². The summed E-state index contributed by atoms with van der Waals surface area (Å²) in [6, 6.07) is 13.6. The largest absolute Gasteiger partial charge is 0.496 e. The van der Waals surface area contributed by atoms with Crippen LogP contribution in [-0.4, -0.2) is 27.8 Å². The number of nitrogens with zero attached hydrogens (tertiary/aromatic N) is 3. The van der Waals surface area contributed by atoms with Gasteiger partial charge in [-0.3, -0.25) is 4.79 Å². The van der Waals surface area contributed by atoms with Crippen LogP contribution < -0.4 is 10.1 Å². The number of carbonyl (C=O) groups excluding carboxylic acids is 1. The zero-order chi connectivity index (χ0) is 18.5. The van der Waals surface area contributed by atoms with Gasteiger partial charge in [-0.15, -0.1) is 0 Å². The van der Waals surface area contributed by atoms with Gasteiger partial charge in [0.2, 0.25) is 5.91 Å². The molecule has 1 amide bonds. The summed E-state index contributed by atoms with van der Waals surface area (Å²) >= 11 is 0. The number of nitrogens with one attached hydrogen (secondary N) is 1. The molecule has 3 rings (SSSR count). The molecule has 0 saturated carbocycles. The molecule has 134 valence electrons. The Morgan fingerprint density at radius 1 is 1.23 bits per heavy atom. The van der Waals surface area contributed by atoms with Crippen molar-refractivity contribution >= 4 is 5.91 Å². The monoisotopic (exact) mass is 350 g/mol. The van der Waals surface area contributed by atoms with E-state index in [1.165, 1.54) is 6.33 Å². The summed E-state index contributed by atoms with van der Waals surface area (Å²) in [5.41, 5.74) is 3.94. The first kappa shape index (κ1) is 17.7. The van der Waals surface area contributed by atoms with Crippen molar-refractivity contribution in [3.63, 3.8) is 0 Å². The molecule has 6 nitrogen and oxygen atoms in total. The van der Waals surface area contributed by atoms with E-state index in [1.54, 1.807) is 18.1 Å². The van der Waals surface area contributed by atoms with Gasteiger partial charge < -0.3 is 10.1 Å². The lowest BCUT2D eigenvalue weighted by molar-refractivity contribution is -0.121. The maximum absolute atomic E-state index is 12.4. The molecule has 0 saturated heterocycles. The zero-order valence-corrected chi connectivity index (χ0v) is 15.1. The summed E-state index contributed by atoms with van der Waals surface area (Å²) in [6.45, 7) is 3.95.